The fraction of sp³-hybridized carbons (Fsp3) is 0.381. The first-order valence-corrected chi connectivity index (χ1v) is 10.9. The van der Waals surface area contributed by atoms with Gasteiger partial charge in [0.15, 0.2) is 5.16 Å². The fourth-order valence-corrected chi connectivity index (χ4v) is 4.17. The Morgan fingerprint density at radius 1 is 1.24 bits per heavy atom. The zero-order valence-corrected chi connectivity index (χ0v) is 17.2. The molecule has 1 aliphatic heterocycles. The molecule has 7 nitrogen and oxygen atoms in total. The average molecular weight is 409 g/mol. The van der Waals surface area contributed by atoms with E-state index in [-0.39, 0.29) is 11.5 Å². The Morgan fingerprint density at radius 2 is 2.03 bits per heavy atom. The van der Waals surface area contributed by atoms with Gasteiger partial charge in [-0.15, -0.1) is 0 Å². The summed E-state index contributed by atoms with van der Waals surface area (Å²) in [6.45, 7) is 4.81. The summed E-state index contributed by atoms with van der Waals surface area (Å²) in [5.41, 5.74) is 2.73. The minimum atomic E-state index is -0.114. The van der Waals surface area contributed by atoms with Crippen LogP contribution < -0.4 is 5.56 Å². The van der Waals surface area contributed by atoms with Gasteiger partial charge in [-0.25, -0.2) is 15.0 Å². The maximum absolute atomic E-state index is 12.2. The normalized spacial score (nSPS) is 17.3. The number of aromatic amines is 1. The first-order chi connectivity index (χ1) is 14.2. The van der Waals surface area contributed by atoms with Crippen LogP contribution in [0.2, 0.25) is 0 Å². The van der Waals surface area contributed by atoms with E-state index < -0.39 is 0 Å². The predicted molar refractivity (Wildman–Crippen MR) is 114 cm³/mol. The summed E-state index contributed by atoms with van der Waals surface area (Å²) in [5, 5.41) is 0.823. The van der Waals surface area contributed by atoms with Crippen molar-refractivity contribution in [1.29, 1.82) is 0 Å². The first-order valence-electron chi connectivity index (χ1n) is 9.89. The molecule has 4 rings (SSSR count). The summed E-state index contributed by atoms with van der Waals surface area (Å²) < 4.78 is 0. The molecule has 3 aromatic heterocycles. The number of thioether (sulfide) groups is 1. The molecular formula is C21H24N6OS. The third kappa shape index (κ3) is 5.07. The fourth-order valence-electron chi connectivity index (χ4n) is 3.66. The van der Waals surface area contributed by atoms with E-state index in [1.165, 1.54) is 0 Å². The Hall–Kier alpha value is -2.58. The number of likely N-dealkylation sites (tertiary alicyclic amines) is 1. The van der Waals surface area contributed by atoms with Gasteiger partial charge in [0.2, 0.25) is 0 Å². The molecule has 0 saturated carbocycles. The largest absolute Gasteiger partial charge is 0.307 e. The van der Waals surface area contributed by atoms with E-state index >= 15 is 0 Å². The van der Waals surface area contributed by atoms with E-state index in [0.717, 1.165) is 60.2 Å². The van der Waals surface area contributed by atoms with Crippen molar-refractivity contribution >= 4 is 11.8 Å². The summed E-state index contributed by atoms with van der Waals surface area (Å²) in [6.07, 6.45) is 9.36. The Morgan fingerprint density at radius 3 is 2.79 bits per heavy atom. The van der Waals surface area contributed by atoms with E-state index in [9.17, 15) is 4.79 Å². The molecule has 29 heavy (non-hydrogen) atoms. The predicted octanol–water partition coefficient (Wildman–Crippen LogP) is 3.11. The summed E-state index contributed by atoms with van der Waals surface area (Å²) in [5.74, 6) is 1.81. The number of H-pyrrole nitrogens is 1. The monoisotopic (exact) mass is 408 g/mol. The van der Waals surface area contributed by atoms with Crippen LogP contribution in [-0.4, -0.2) is 48.7 Å². The summed E-state index contributed by atoms with van der Waals surface area (Å²) in [4.78, 5) is 35.1. The maximum Gasteiger partial charge on any atom is 0.251 e. The summed E-state index contributed by atoms with van der Waals surface area (Å²) in [7, 11) is 0. The zero-order chi connectivity index (χ0) is 20.1. The summed E-state index contributed by atoms with van der Waals surface area (Å²) in [6, 6.07) is 5.35. The van der Waals surface area contributed by atoms with Gasteiger partial charge in [0.25, 0.3) is 5.56 Å². The minimum Gasteiger partial charge on any atom is -0.307 e. The van der Waals surface area contributed by atoms with Crippen LogP contribution >= 0.6 is 11.8 Å². The molecule has 1 saturated heterocycles. The molecule has 0 bridgehead atoms. The van der Waals surface area contributed by atoms with Crippen LogP contribution in [0.1, 0.15) is 36.9 Å². The van der Waals surface area contributed by atoms with Crippen molar-refractivity contribution in [2.75, 3.05) is 18.8 Å². The number of nitrogens with zero attached hydrogens (tertiary/aromatic N) is 5. The molecule has 1 N–H and O–H groups in total. The third-order valence-corrected chi connectivity index (χ3v) is 5.76. The molecule has 1 fully saturated rings. The highest BCUT2D eigenvalue weighted by Crippen LogP contribution is 2.27. The van der Waals surface area contributed by atoms with E-state index in [0.29, 0.717) is 5.82 Å². The molecule has 150 valence electrons. The molecule has 4 heterocycles. The Labute approximate surface area is 174 Å². The molecule has 0 radical (unpaired) electrons. The number of rotatable bonds is 6. The van der Waals surface area contributed by atoms with Gasteiger partial charge in [-0.05, 0) is 37.3 Å². The number of piperidine rings is 1. The van der Waals surface area contributed by atoms with Gasteiger partial charge in [0.05, 0.1) is 5.69 Å². The number of nitrogens with one attached hydrogen (secondary N) is 1. The zero-order valence-electron chi connectivity index (χ0n) is 16.4. The lowest BCUT2D eigenvalue weighted by Gasteiger charge is -2.32. The van der Waals surface area contributed by atoms with Gasteiger partial charge in [-0.2, -0.15) is 0 Å². The van der Waals surface area contributed by atoms with Gasteiger partial charge < -0.3 is 4.98 Å². The van der Waals surface area contributed by atoms with Crippen LogP contribution in [0.4, 0.5) is 0 Å². The second kappa shape index (κ2) is 9.28. The minimum absolute atomic E-state index is 0.114. The van der Waals surface area contributed by atoms with Crippen molar-refractivity contribution in [3.05, 3.63) is 64.6 Å². The first kappa shape index (κ1) is 19.7. The van der Waals surface area contributed by atoms with Crippen LogP contribution in [0, 0.1) is 0 Å². The number of pyridine rings is 1. The maximum atomic E-state index is 12.2. The van der Waals surface area contributed by atoms with Gasteiger partial charge >= 0.3 is 0 Å². The third-order valence-electron chi connectivity index (χ3n) is 5.00. The standard InChI is InChI=1S/C21H24N6OS/c1-2-29-21-23-11-15(12-24-21)13-27-9-3-4-17(14-27)18-10-19(28)26-20(25-18)16-5-7-22-8-6-16/h5-8,10-12,17H,2-4,9,13-14H2,1H3,(H,25,26,28)/t17-/m0/s1. The Bertz CT molecular complexity index is 992. The SMILES string of the molecule is CCSc1ncc(CN2CCC[C@H](c3cc(=O)[nH]c(-c4ccncc4)n3)C2)cn1. The highest BCUT2D eigenvalue weighted by Gasteiger charge is 2.23. The van der Waals surface area contributed by atoms with E-state index in [1.807, 2.05) is 24.5 Å². The lowest BCUT2D eigenvalue weighted by molar-refractivity contribution is 0.198. The lowest BCUT2D eigenvalue weighted by atomic mass is 9.94. The second-order valence-corrected chi connectivity index (χ2v) is 8.37. The molecule has 3 aromatic rings. The Balaban J connectivity index is 1.48. The van der Waals surface area contributed by atoms with Gasteiger partial charge in [0.1, 0.15) is 5.82 Å². The molecule has 0 aliphatic carbocycles. The van der Waals surface area contributed by atoms with Gasteiger partial charge in [0, 0.05) is 61.0 Å². The van der Waals surface area contributed by atoms with Gasteiger partial charge in [-0.1, -0.05) is 18.7 Å². The molecule has 0 spiro atoms. The van der Waals surface area contributed by atoms with E-state index in [2.05, 4.69) is 31.8 Å². The molecular weight excluding hydrogens is 384 g/mol. The van der Waals surface area contributed by atoms with Gasteiger partial charge in [-0.3, -0.25) is 14.7 Å². The van der Waals surface area contributed by atoms with Crippen molar-refractivity contribution in [2.45, 2.75) is 37.4 Å². The van der Waals surface area contributed by atoms with Crippen molar-refractivity contribution in [3.63, 3.8) is 0 Å². The molecule has 8 heteroatoms. The highest BCUT2D eigenvalue weighted by molar-refractivity contribution is 7.99. The second-order valence-electron chi connectivity index (χ2n) is 7.14. The molecule has 0 amide bonds. The number of aromatic nitrogens is 5. The molecule has 1 aliphatic rings. The van der Waals surface area contributed by atoms with Crippen molar-refractivity contribution in [1.82, 2.24) is 29.8 Å². The lowest BCUT2D eigenvalue weighted by Crippen LogP contribution is -2.34. The van der Waals surface area contributed by atoms with Crippen LogP contribution in [0.15, 0.2) is 52.9 Å². The number of hydrogen-bond donors (Lipinski definition) is 1. The average Bonchev–Trinajstić information content (AvgIpc) is 2.76. The van der Waals surface area contributed by atoms with Crippen molar-refractivity contribution in [2.24, 2.45) is 0 Å². The van der Waals surface area contributed by atoms with E-state index in [1.54, 1.807) is 30.2 Å². The summed E-state index contributed by atoms with van der Waals surface area (Å²) >= 11 is 1.65. The quantitative estimate of drug-likeness (QED) is 0.495. The molecule has 0 unspecified atom stereocenters. The number of hydrogen-bond acceptors (Lipinski definition) is 7. The smallest absolute Gasteiger partial charge is 0.251 e. The highest BCUT2D eigenvalue weighted by atomic mass is 32.2. The van der Waals surface area contributed by atoms with Crippen LogP contribution in [0.3, 0.4) is 0 Å². The van der Waals surface area contributed by atoms with E-state index in [4.69, 9.17) is 4.98 Å². The molecule has 1 atom stereocenters. The van der Waals surface area contributed by atoms with Crippen LogP contribution in [-0.2, 0) is 6.54 Å². The molecule has 0 aromatic carbocycles. The van der Waals surface area contributed by atoms with Crippen LogP contribution in [0.5, 0.6) is 0 Å². The topological polar surface area (TPSA) is 87.7 Å². The Kier molecular flexibility index (Phi) is 6.31. The van der Waals surface area contributed by atoms with Crippen LogP contribution in [0.25, 0.3) is 11.4 Å². The van der Waals surface area contributed by atoms with Crippen molar-refractivity contribution < 1.29 is 0 Å². The van der Waals surface area contributed by atoms with Crippen molar-refractivity contribution in [3.8, 4) is 11.4 Å².